The zero-order valence-corrected chi connectivity index (χ0v) is 18.6. The van der Waals surface area contributed by atoms with Crippen LogP contribution in [0.2, 0.25) is 5.02 Å². The summed E-state index contributed by atoms with van der Waals surface area (Å²) in [6.45, 7) is 1.47. The summed E-state index contributed by atoms with van der Waals surface area (Å²) in [6, 6.07) is 6.26. The Labute approximate surface area is 182 Å². The standard InChI is InChI=1S/C20H28ClN2O3S.2CH2/c21-18-8-10-19(11-9-18)27(25,26)23-13-12-16(15-23)14-22-20(24)17-6-4-2-1-3-5-7-17;;/h8-11,16H,1-7,12-15H2,(H,22,24);2*1H2. The number of amides is 1. The Morgan fingerprint density at radius 3 is 2.24 bits per heavy atom. The number of carbonyl (C=O) groups is 1. The molecule has 1 saturated heterocycles. The summed E-state index contributed by atoms with van der Waals surface area (Å²) in [5, 5.41) is 3.56. The summed E-state index contributed by atoms with van der Waals surface area (Å²) in [7, 11) is -3.50. The summed E-state index contributed by atoms with van der Waals surface area (Å²) < 4.78 is 27.0. The van der Waals surface area contributed by atoms with E-state index in [2.05, 4.69) is 5.32 Å². The topological polar surface area (TPSA) is 66.5 Å². The predicted molar refractivity (Wildman–Crippen MR) is 118 cm³/mol. The number of nitrogens with zero attached hydrogens (tertiary/aromatic N) is 1. The average Bonchev–Trinajstić information content (AvgIpc) is 3.10. The van der Waals surface area contributed by atoms with Gasteiger partial charge < -0.3 is 5.32 Å². The minimum absolute atomic E-state index is 0. The van der Waals surface area contributed by atoms with Crippen LogP contribution in [0.3, 0.4) is 0 Å². The van der Waals surface area contributed by atoms with Gasteiger partial charge in [0.25, 0.3) is 0 Å². The minimum atomic E-state index is -3.50. The Morgan fingerprint density at radius 1 is 1.03 bits per heavy atom. The van der Waals surface area contributed by atoms with E-state index in [1.165, 1.54) is 35.7 Å². The molecule has 7 heteroatoms. The molecular formula is C22H32ClN2O3S. The van der Waals surface area contributed by atoms with Crippen molar-refractivity contribution in [2.45, 2.75) is 56.3 Å². The van der Waals surface area contributed by atoms with Crippen LogP contribution in [0.5, 0.6) is 0 Å². The van der Waals surface area contributed by atoms with Gasteiger partial charge in [0.05, 0.1) is 10.8 Å². The van der Waals surface area contributed by atoms with Crippen LogP contribution in [0.4, 0.5) is 0 Å². The molecule has 1 saturated carbocycles. The summed E-state index contributed by atoms with van der Waals surface area (Å²) >= 11 is 5.85. The minimum Gasteiger partial charge on any atom is -0.355 e. The maximum Gasteiger partial charge on any atom is 0.243 e. The van der Waals surface area contributed by atoms with Crippen LogP contribution in [0.1, 0.15) is 51.4 Å². The molecule has 1 heterocycles. The molecule has 1 amide bonds. The number of halogens is 1. The largest absolute Gasteiger partial charge is 0.355 e. The van der Waals surface area contributed by atoms with Crippen LogP contribution in [-0.4, -0.2) is 38.3 Å². The van der Waals surface area contributed by atoms with Gasteiger partial charge in [-0.15, -0.1) is 0 Å². The SMILES string of the molecule is O=C(NCC1CCN(S(=O)(=O)c2ccc(Cl)cc2)C1)[C]1CCCCCCC1.[CH2].[CH2]. The summed E-state index contributed by atoms with van der Waals surface area (Å²) in [5.41, 5.74) is 0. The van der Waals surface area contributed by atoms with Gasteiger partial charge in [-0.25, -0.2) is 8.42 Å². The van der Waals surface area contributed by atoms with Crippen molar-refractivity contribution in [3.8, 4) is 0 Å². The van der Waals surface area contributed by atoms with Crippen molar-refractivity contribution >= 4 is 27.5 Å². The summed E-state index contributed by atoms with van der Waals surface area (Å²) in [4.78, 5) is 12.7. The van der Waals surface area contributed by atoms with Gasteiger partial charge in [0.15, 0.2) is 0 Å². The first-order valence-electron chi connectivity index (χ1n) is 9.85. The third-order valence-corrected chi connectivity index (χ3v) is 7.66. The number of benzene rings is 1. The number of sulfonamides is 1. The van der Waals surface area contributed by atoms with E-state index in [-0.39, 0.29) is 31.6 Å². The molecule has 1 aromatic carbocycles. The predicted octanol–water partition coefficient (Wildman–Crippen LogP) is 4.44. The third kappa shape index (κ3) is 6.97. The monoisotopic (exact) mass is 439 g/mol. The molecule has 5 nitrogen and oxygen atoms in total. The zero-order chi connectivity index (χ0) is 19.3. The molecule has 1 unspecified atom stereocenters. The van der Waals surface area contributed by atoms with E-state index in [0.29, 0.717) is 24.7 Å². The molecule has 2 aliphatic rings. The van der Waals surface area contributed by atoms with Crippen LogP contribution in [0.15, 0.2) is 29.2 Å². The van der Waals surface area contributed by atoms with Crippen molar-refractivity contribution in [1.82, 2.24) is 9.62 Å². The highest BCUT2D eigenvalue weighted by Crippen LogP contribution is 2.26. The lowest BCUT2D eigenvalue weighted by atomic mass is 9.90. The maximum atomic E-state index is 12.7. The zero-order valence-electron chi connectivity index (χ0n) is 17.0. The van der Waals surface area contributed by atoms with Crippen LogP contribution < -0.4 is 5.32 Å². The number of hydrogen-bond acceptors (Lipinski definition) is 3. The lowest BCUT2D eigenvalue weighted by Crippen LogP contribution is -2.35. The summed E-state index contributed by atoms with van der Waals surface area (Å²) in [5.74, 6) is 1.24. The second-order valence-electron chi connectivity index (χ2n) is 7.55. The van der Waals surface area contributed by atoms with E-state index in [0.717, 1.165) is 38.0 Å². The number of hydrogen-bond donors (Lipinski definition) is 1. The third-order valence-electron chi connectivity index (χ3n) is 5.53. The Kier molecular flexibility index (Phi) is 10.7. The maximum absolute atomic E-state index is 12.7. The Balaban J connectivity index is 0.00000210. The van der Waals surface area contributed by atoms with Crippen LogP contribution in [-0.2, 0) is 14.8 Å². The van der Waals surface area contributed by atoms with E-state index in [9.17, 15) is 13.2 Å². The van der Waals surface area contributed by atoms with Crippen LogP contribution in [0.25, 0.3) is 0 Å². The molecule has 0 bridgehead atoms. The van der Waals surface area contributed by atoms with Gasteiger partial charge in [-0.1, -0.05) is 58.6 Å². The number of carbonyl (C=O) groups excluding carboxylic acids is 1. The Bertz CT molecular complexity index is 729. The van der Waals surface area contributed by atoms with Crippen LogP contribution >= 0.6 is 11.6 Å². The molecule has 0 aromatic heterocycles. The van der Waals surface area contributed by atoms with E-state index in [1.54, 1.807) is 12.1 Å². The quantitative estimate of drug-likeness (QED) is 0.737. The molecule has 5 radical (unpaired) electrons. The fourth-order valence-electron chi connectivity index (χ4n) is 3.86. The molecular weight excluding hydrogens is 408 g/mol. The molecule has 3 rings (SSSR count). The Morgan fingerprint density at radius 2 is 1.62 bits per heavy atom. The van der Waals surface area contributed by atoms with Crippen LogP contribution in [0, 0.1) is 26.7 Å². The average molecular weight is 440 g/mol. The lowest BCUT2D eigenvalue weighted by Gasteiger charge is -2.20. The number of rotatable bonds is 5. The summed E-state index contributed by atoms with van der Waals surface area (Å²) in [6.07, 6.45) is 8.44. The molecule has 2 fully saturated rings. The fraction of sp³-hybridized carbons (Fsp3) is 0.545. The molecule has 1 N–H and O–H groups in total. The van der Waals surface area contributed by atoms with Crippen molar-refractivity contribution in [2.24, 2.45) is 5.92 Å². The highest BCUT2D eigenvalue weighted by molar-refractivity contribution is 7.89. The van der Waals surface area contributed by atoms with Gasteiger partial charge in [0, 0.05) is 24.7 Å². The Hall–Kier alpha value is -1.11. The van der Waals surface area contributed by atoms with Crippen molar-refractivity contribution in [3.05, 3.63) is 50.1 Å². The van der Waals surface area contributed by atoms with E-state index in [4.69, 9.17) is 11.6 Å². The second kappa shape index (κ2) is 11.9. The van der Waals surface area contributed by atoms with Gasteiger partial charge in [-0.05, 0) is 49.4 Å². The highest BCUT2D eigenvalue weighted by atomic mass is 35.5. The van der Waals surface area contributed by atoms with Crippen molar-refractivity contribution < 1.29 is 13.2 Å². The van der Waals surface area contributed by atoms with E-state index >= 15 is 0 Å². The van der Waals surface area contributed by atoms with Gasteiger partial charge in [0.1, 0.15) is 0 Å². The first-order valence-corrected chi connectivity index (χ1v) is 11.7. The van der Waals surface area contributed by atoms with Crippen molar-refractivity contribution in [3.63, 3.8) is 0 Å². The van der Waals surface area contributed by atoms with E-state index in [1.807, 2.05) is 0 Å². The molecule has 1 atom stereocenters. The van der Waals surface area contributed by atoms with Gasteiger partial charge in [0.2, 0.25) is 15.9 Å². The molecule has 29 heavy (non-hydrogen) atoms. The van der Waals surface area contributed by atoms with E-state index < -0.39 is 10.0 Å². The normalized spacial score (nSPS) is 21.3. The molecule has 1 aliphatic heterocycles. The first kappa shape index (κ1) is 25.9. The lowest BCUT2D eigenvalue weighted by molar-refractivity contribution is -0.120. The highest BCUT2D eigenvalue weighted by Gasteiger charge is 2.33. The molecule has 1 aromatic rings. The molecule has 161 valence electrons. The second-order valence-corrected chi connectivity index (χ2v) is 9.93. The smallest absolute Gasteiger partial charge is 0.243 e. The van der Waals surface area contributed by atoms with Gasteiger partial charge in [-0.2, -0.15) is 4.31 Å². The van der Waals surface area contributed by atoms with Gasteiger partial charge >= 0.3 is 0 Å². The van der Waals surface area contributed by atoms with Crippen molar-refractivity contribution in [1.29, 1.82) is 0 Å². The molecule has 0 spiro atoms. The van der Waals surface area contributed by atoms with Gasteiger partial charge in [-0.3, -0.25) is 4.79 Å². The molecule has 1 aliphatic carbocycles. The van der Waals surface area contributed by atoms with Crippen molar-refractivity contribution in [2.75, 3.05) is 19.6 Å². The number of nitrogens with one attached hydrogen (secondary N) is 1. The first-order chi connectivity index (χ1) is 13.0. The fourth-order valence-corrected chi connectivity index (χ4v) is 5.52.